The zero-order valence-electron chi connectivity index (χ0n) is 12.5. The fraction of sp³-hybridized carbons (Fsp3) is 0.571. The molecule has 6 heteroatoms. The molecule has 1 N–H and O–H groups in total. The average Bonchev–Trinajstić information content (AvgIpc) is 2.78. The Hall–Kier alpha value is -0.690. The Morgan fingerprint density at radius 2 is 2.15 bits per heavy atom. The monoisotopic (exact) mass is 316 g/mol. The van der Waals surface area contributed by atoms with Gasteiger partial charge in [-0.1, -0.05) is 19.9 Å². The first-order valence-corrected chi connectivity index (χ1v) is 9.14. The highest BCUT2D eigenvalue weighted by Gasteiger charge is 2.26. The Labute approximate surface area is 126 Å². The van der Waals surface area contributed by atoms with E-state index < -0.39 is 10.0 Å². The van der Waals surface area contributed by atoms with Crippen LogP contribution in [-0.4, -0.2) is 32.4 Å². The number of thiophene rings is 1. The van der Waals surface area contributed by atoms with Crippen molar-refractivity contribution in [2.45, 2.75) is 38.6 Å². The van der Waals surface area contributed by atoms with Crippen LogP contribution in [0.25, 0.3) is 0 Å². The van der Waals surface area contributed by atoms with E-state index in [0.717, 1.165) is 22.7 Å². The van der Waals surface area contributed by atoms with Gasteiger partial charge in [-0.2, -0.15) is 4.31 Å². The molecule has 1 aromatic heterocycles. The third kappa shape index (κ3) is 4.15. The van der Waals surface area contributed by atoms with Gasteiger partial charge in [0.25, 0.3) is 0 Å². The summed E-state index contributed by atoms with van der Waals surface area (Å²) in [6.45, 7) is 12.0. The molecule has 0 atom stereocenters. The van der Waals surface area contributed by atoms with E-state index in [4.69, 9.17) is 0 Å². The Balaban J connectivity index is 3.06. The molecule has 0 bridgehead atoms. The van der Waals surface area contributed by atoms with Crippen molar-refractivity contribution in [2.75, 3.05) is 19.6 Å². The van der Waals surface area contributed by atoms with Gasteiger partial charge in [0.2, 0.25) is 10.0 Å². The molecule has 0 aromatic carbocycles. The summed E-state index contributed by atoms with van der Waals surface area (Å²) in [5.74, 6) is 0. The van der Waals surface area contributed by atoms with E-state index in [1.165, 1.54) is 4.31 Å². The maximum absolute atomic E-state index is 12.7. The van der Waals surface area contributed by atoms with Gasteiger partial charge in [0.1, 0.15) is 0 Å². The van der Waals surface area contributed by atoms with E-state index in [9.17, 15) is 8.42 Å². The van der Waals surface area contributed by atoms with E-state index in [2.05, 4.69) is 11.9 Å². The second-order valence-corrected chi connectivity index (χ2v) is 7.81. The molecule has 0 aliphatic carbocycles. The molecular weight excluding hydrogens is 292 g/mol. The molecule has 1 heterocycles. The summed E-state index contributed by atoms with van der Waals surface area (Å²) < 4.78 is 26.9. The second kappa shape index (κ2) is 7.93. The number of hydrogen-bond donors (Lipinski definition) is 1. The largest absolute Gasteiger partial charge is 0.312 e. The van der Waals surface area contributed by atoms with Crippen molar-refractivity contribution in [2.24, 2.45) is 0 Å². The molecule has 1 aromatic rings. The highest BCUT2D eigenvalue weighted by molar-refractivity contribution is 7.89. The summed E-state index contributed by atoms with van der Waals surface area (Å²) in [6, 6.07) is 1.80. The Bertz CT molecular complexity index is 535. The summed E-state index contributed by atoms with van der Waals surface area (Å²) in [4.78, 5) is 2.34. The van der Waals surface area contributed by atoms with Crippen LogP contribution in [0.1, 0.15) is 30.0 Å². The Kier molecular flexibility index (Phi) is 6.88. The van der Waals surface area contributed by atoms with E-state index in [-0.39, 0.29) is 0 Å². The average molecular weight is 316 g/mol. The minimum atomic E-state index is -3.42. The van der Waals surface area contributed by atoms with Crippen molar-refractivity contribution in [1.29, 1.82) is 0 Å². The molecule has 114 valence electrons. The zero-order valence-corrected chi connectivity index (χ0v) is 14.1. The van der Waals surface area contributed by atoms with Gasteiger partial charge in [-0.05, 0) is 26.0 Å². The molecule has 0 saturated carbocycles. The summed E-state index contributed by atoms with van der Waals surface area (Å²) in [5.41, 5.74) is 0. The number of rotatable bonds is 9. The van der Waals surface area contributed by atoms with Crippen molar-refractivity contribution < 1.29 is 8.42 Å². The van der Waals surface area contributed by atoms with Gasteiger partial charge in [0, 0.05) is 29.4 Å². The molecule has 0 aliphatic heterocycles. The number of hydrogen-bond acceptors (Lipinski definition) is 4. The van der Waals surface area contributed by atoms with Gasteiger partial charge < -0.3 is 5.32 Å². The van der Waals surface area contributed by atoms with Gasteiger partial charge >= 0.3 is 0 Å². The summed E-state index contributed by atoms with van der Waals surface area (Å²) >= 11 is 1.54. The van der Waals surface area contributed by atoms with Crippen LogP contribution in [0.4, 0.5) is 0 Å². The van der Waals surface area contributed by atoms with Crippen molar-refractivity contribution in [1.82, 2.24) is 9.62 Å². The molecule has 1 rings (SSSR count). The van der Waals surface area contributed by atoms with Crippen LogP contribution >= 0.6 is 11.3 Å². The van der Waals surface area contributed by atoms with Crippen LogP contribution < -0.4 is 5.32 Å². The molecule has 0 fully saturated rings. The molecule has 20 heavy (non-hydrogen) atoms. The molecular formula is C14H24N2O2S2. The lowest BCUT2D eigenvalue weighted by atomic mass is 10.4. The molecule has 0 amide bonds. The van der Waals surface area contributed by atoms with Gasteiger partial charge in [-0.25, -0.2) is 8.42 Å². The van der Waals surface area contributed by atoms with Crippen molar-refractivity contribution in [3.05, 3.63) is 28.5 Å². The van der Waals surface area contributed by atoms with Crippen molar-refractivity contribution in [3.8, 4) is 0 Å². The molecule has 0 spiro atoms. The number of nitrogens with one attached hydrogen (secondary N) is 1. The van der Waals surface area contributed by atoms with Gasteiger partial charge in [0.15, 0.2) is 0 Å². The van der Waals surface area contributed by atoms with Crippen LogP contribution in [-0.2, 0) is 16.6 Å². The first kappa shape index (κ1) is 17.4. The molecule has 0 aliphatic rings. The summed E-state index contributed by atoms with van der Waals surface area (Å²) in [6.07, 6.45) is 2.43. The number of nitrogens with zero attached hydrogens (tertiary/aromatic N) is 1. The Morgan fingerprint density at radius 1 is 1.45 bits per heavy atom. The summed E-state index contributed by atoms with van der Waals surface area (Å²) in [5, 5.41) is 3.22. The zero-order chi connectivity index (χ0) is 15.2. The SMILES string of the molecule is C=CCN(CCC)S(=O)(=O)c1cc(CNCC)sc1C. The minimum Gasteiger partial charge on any atom is -0.312 e. The lowest BCUT2D eigenvalue weighted by Gasteiger charge is -2.19. The third-order valence-corrected chi connectivity index (χ3v) is 6.07. The standard InChI is InChI=1S/C14H24N2O2S2/c1-5-8-16(9-6-2)20(17,18)14-10-13(11-15-7-3)19-12(14)4/h5,10,15H,1,6-9,11H2,2-4H3. The first-order chi connectivity index (χ1) is 9.47. The minimum absolute atomic E-state index is 0.355. The Morgan fingerprint density at radius 3 is 2.70 bits per heavy atom. The lowest BCUT2D eigenvalue weighted by molar-refractivity contribution is 0.441. The number of sulfonamides is 1. The predicted octanol–water partition coefficient (Wildman–Crippen LogP) is 2.75. The van der Waals surface area contributed by atoms with Crippen LogP contribution in [0.3, 0.4) is 0 Å². The lowest BCUT2D eigenvalue weighted by Crippen LogP contribution is -2.32. The quantitative estimate of drug-likeness (QED) is 0.713. The van der Waals surface area contributed by atoms with Crippen LogP contribution in [0, 0.1) is 6.92 Å². The van der Waals surface area contributed by atoms with Gasteiger partial charge in [0.05, 0.1) is 4.90 Å². The first-order valence-electron chi connectivity index (χ1n) is 6.88. The topological polar surface area (TPSA) is 49.4 Å². The fourth-order valence-corrected chi connectivity index (χ4v) is 5.03. The number of aryl methyl sites for hydroxylation is 1. The van der Waals surface area contributed by atoms with Gasteiger partial charge in [-0.15, -0.1) is 17.9 Å². The maximum Gasteiger partial charge on any atom is 0.244 e. The van der Waals surface area contributed by atoms with E-state index in [1.807, 2.05) is 20.8 Å². The second-order valence-electron chi connectivity index (χ2n) is 4.57. The normalized spacial score (nSPS) is 12.0. The molecule has 0 unspecified atom stereocenters. The van der Waals surface area contributed by atoms with Crippen LogP contribution in [0.2, 0.25) is 0 Å². The maximum atomic E-state index is 12.7. The van der Waals surface area contributed by atoms with Crippen molar-refractivity contribution >= 4 is 21.4 Å². The van der Waals surface area contributed by atoms with Crippen molar-refractivity contribution in [3.63, 3.8) is 0 Å². The van der Waals surface area contributed by atoms with E-state index in [1.54, 1.807) is 23.5 Å². The predicted molar refractivity (Wildman–Crippen MR) is 85.7 cm³/mol. The smallest absolute Gasteiger partial charge is 0.244 e. The molecule has 0 saturated heterocycles. The van der Waals surface area contributed by atoms with Crippen LogP contribution in [0.15, 0.2) is 23.6 Å². The summed E-state index contributed by atoms with van der Waals surface area (Å²) in [7, 11) is -3.42. The van der Waals surface area contributed by atoms with Crippen LogP contribution in [0.5, 0.6) is 0 Å². The van der Waals surface area contributed by atoms with Gasteiger partial charge in [-0.3, -0.25) is 0 Å². The molecule has 4 nitrogen and oxygen atoms in total. The fourth-order valence-electron chi connectivity index (χ4n) is 1.96. The third-order valence-electron chi connectivity index (χ3n) is 2.90. The molecule has 0 radical (unpaired) electrons. The van der Waals surface area contributed by atoms with E-state index >= 15 is 0 Å². The van der Waals surface area contributed by atoms with E-state index in [0.29, 0.717) is 24.5 Å². The highest BCUT2D eigenvalue weighted by atomic mass is 32.2. The highest BCUT2D eigenvalue weighted by Crippen LogP contribution is 2.28.